The minimum Gasteiger partial charge on any atom is -0.359 e. The van der Waals surface area contributed by atoms with E-state index in [2.05, 4.69) is 36.0 Å². The van der Waals surface area contributed by atoms with Crippen molar-refractivity contribution in [1.29, 1.82) is 0 Å². The highest BCUT2D eigenvalue weighted by Crippen LogP contribution is 2.13. The smallest absolute Gasteiger partial charge is 0.0893 e. The minimum atomic E-state index is 1.13. The van der Waals surface area contributed by atoms with E-state index < -0.39 is 0 Å². The number of hydrogen-bond donors (Lipinski definition) is 0. The molecule has 1 rings (SSSR count). The predicted octanol–water partition coefficient (Wildman–Crippen LogP) is 6.53. The highest BCUT2D eigenvalue weighted by Gasteiger charge is 2.10. The number of rotatable bonds is 16. The van der Waals surface area contributed by atoms with Gasteiger partial charge in [0.1, 0.15) is 0 Å². The third-order valence-corrected chi connectivity index (χ3v) is 4.95. The molecule has 1 aliphatic rings. The van der Waals surface area contributed by atoms with E-state index >= 15 is 0 Å². The summed E-state index contributed by atoms with van der Waals surface area (Å²) >= 11 is 0. The Morgan fingerprint density at radius 2 is 0.870 bits per heavy atom. The normalized spacial score (nSPS) is 14.2. The van der Waals surface area contributed by atoms with Crippen LogP contribution in [0.2, 0.25) is 0 Å². The fourth-order valence-corrected chi connectivity index (χ4v) is 3.35. The van der Waals surface area contributed by atoms with Gasteiger partial charge in [0.2, 0.25) is 0 Å². The van der Waals surface area contributed by atoms with Gasteiger partial charge in [-0.2, -0.15) is 0 Å². The van der Waals surface area contributed by atoms with Crippen LogP contribution in [0.1, 0.15) is 104 Å². The summed E-state index contributed by atoms with van der Waals surface area (Å²) in [5.74, 6) is 0. The lowest BCUT2D eigenvalue weighted by molar-refractivity contribution is 0.257. The van der Waals surface area contributed by atoms with E-state index in [0.717, 1.165) is 6.67 Å². The molecule has 0 amide bonds. The molecule has 0 aromatic carbocycles. The Morgan fingerprint density at radius 1 is 0.522 bits per heavy atom. The summed E-state index contributed by atoms with van der Waals surface area (Å²) in [5, 5.41) is 0. The zero-order valence-electron chi connectivity index (χ0n) is 16.1. The van der Waals surface area contributed by atoms with Gasteiger partial charge in [-0.1, -0.05) is 90.9 Å². The lowest BCUT2D eigenvalue weighted by atomic mass is 10.1. The standard InChI is InChI=1S/C21H42N2/c1-3-5-7-8-9-10-11-12-13-14-16-18-23-20-19-22(21-23)17-15-6-4-2/h19-20H,3-18,21H2,1-2H3. The quantitative estimate of drug-likeness (QED) is 0.298. The molecule has 0 N–H and O–H groups in total. The van der Waals surface area contributed by atoms with Crippen LogP contribution < -0.4 is 0 Å². The first-order valence-electron chi connectivity index (χ1n) is 10.5. The fourth-order valence-electron chi connectivity index (χ4n) is 3.35. The molecule has 0 unspecified atom stereocenters. The van der Waals surface area contributed by atoms with Crippen molar-refractivity contribution in [2.24, 2.45) is 0 Å². The molecule has 0 atom stereocenters. The molecule has 2 nitrogen and oxygen atoms in total. The minimum absolute atomic E-state index is 1.13. The molecule has 1 aliphatic heterocycles. The van der Waals surface area contributed by atoms with Gasteiger partial charge in [-0.05, 0) is 12.8 Å². The Balaban J connectivity index is 1.81. The van der Waals surface area contributed by atoms with E-state index in [-0.39, 0.29) is 0 Å². The topological polar surface area (TPSA) is 6.48 Å². The van der Waals surface area contributed by atoms with Gasteiger partial charge in [0.15, 0.2) is 0 Å². The van der Waals surface area contributed by atoms with Crippen molar-refractivity contribution in [3.05, 3.63) is 12.4 Å². The highest BCUT2D eigenvalue weighted by atomic mass is 15.3. The van der Waals surface area contributed by atoms with Crippen LogP contribution >= 0.6 is 0 Å². The molecule has 23 heavy (non-hydrogen) atoms. The molecule has 0 aromatic heterocycles. The van der Waals surface area contributed by atoms with Crippen LogP contribution in [0.25, 0.3) is 0 Å². The van der Waals surface area contributed by atoms with Crippen molar-refractivity contribution >= 4 is 0 Å². The zero-order valence-corrected chi connectivity index (χ0v) is 16.1. The van der Waals surface area contributed by atoms with Crippen molar-refractivity contribution in [2.75, 3.05) is 19.8 Å². The summed E-state index contributed by atoms with van der Waals surface area (Å²) in [6, 6.07) is 0. The van der Waals surface area contributed by atoms with Crippen molar-refractivity contribution in [3.8, 4) is 0 Å². The molecular weight excluding hydrogens is 280 g/mol. The number of hydrogen-bond acceptors (Lipinski definition) is 2. The summed E-state index contributed by atoms with van der Waals surface area (Å²) in [5.41, 5.74) is 0. The Hall–Kier alpha value is -0.660. The second-order valence-electron chi connectivity index (χ2n) is 7.31. The van der Waals surface area contributed by atoms with Crippen molar-refractivity contribution in [2.45, 2.75) is 104 Å². The average molecular weight is 323 g/mol. The van der Waals surface area contributed by atoms with Gasteiger partial charge in [-0.15, -0.1) is 0 Å². The molecule has 136 valence electrons. The van der Waals surface area contributed by atoms with Crippen molar-refractivity contribution < 1.29 is 0 Å². The fraction of sp³-hybridized carbons (Fsp3) is 0.905. The van der Waals surface area contributed by atoms with Crippen molar-refractivity contribution in [3.63, 3.8) is 0 Å². The molecule has 0 aliphatic carbocycles. The lowest BCUT2D eigenvalue weighted by Crippen LogP contribution is -2.26. The summed E-state index contributed by atoms with van der Waals surface area (Å²) in [4.78, 5) is 4.95. The van der Waals surface area contributed by atoms with Crippen LogP contribution in [-0.2, 0) is 0 Å². The summed E-state index contributed by atoms with van der Waals surface area (Å²) in [7, 11) is 0. The molecule has 0 radical (unpaired) electrons. The van der Waals surface area contributed by atoms with Gasteiger partial charge in [0, 0.05) is 25.5 Å². The molecule has 0 saturated carbocycles. The number of nitrogens with zero attached hydrogens (tertiary/aromatic N) is 2. The summed E-state index contributed by atoms with van der Waals surface area (Å²) < 4.78 is 0. The van der Waals surface area contributed by atoms with E-state index in [1.807, 2.05) is 0 Å². The molecule has 2 heteroatoms. The Morgan fingerprint density at radius 3 is 1.35 bits per heavy atom. The van der Waals surface area contributed by atoms with E-state index in [1.165, 1.54) is 103 Å². The largest absolute Gasteiger partial charge is 0.359 e. The Bertz CT molecular complexity index is 275. The Kier molecular flexibility index (Phi) is 13.2. The first kappa shape index (κ1) is 20.4. The maximum absolute atomic E-state index is 2.49. The van der Waals surface area contributed by atoms with E-state index in [4.69, 9.17) is 0 Å². The van der Waals surface area contributed by atoms with Crippen LogP contribution in [0.3, 0.4) is 0 Å². The molecule has 0 aromatic rings. The van der Waals surface area contributed by atoms with Crippen LogP contribution in [0.5, 0.6) is 0 Å². The predicted molar refractivity (Wildman–Crippen MR) is 103 cm³/mol. The summed E-state index contributed by atoms with van der Waals surface area (Å²) in [6.07, 6.45) is 24.4. The lowest BCUT2D eigenvalue weighted by Gasteiger charge is -2.21. The van der Waals surface area contributed by atoms with Gasteiger partial charge in [-0.25, -0.2) is 0 Å². The SMILES string of the molecule is CCCCCCCCCCCCCN1C=CN(CCCCC)C1. The van der Waals surface area contributed by atoms with Crippen LogP contribution in [-0.4, -0.2) is 29.6 Å². The van der Waals surface area contributed by atoms with Crippen LogP contribution in [0, 0.1) is 0 Å². The van der Waals surface area contributed by atoms with E-state index in [9.17, 15) is 0 Å². The maximum atomic E-state index is 2.49. The maximum Gasteiger partial charge on any atom is 0.0893 e. The second kappa shape index (κ2) is 14.9. The first-order valence-corrected chi connectivity index (χ1v) is 10.5. The van der Waals surface area contributed by atoms with Crippen LogP contribution in [0.4, 0.5) is 0 Å². The zero-order chi connectivity index (χ0) is 16.6. The molecule has 0 fully saturated rings. The van der Waals surface area contributed by atoms with E-state index in [1.54, 1.807) is 0 Å². The monoisotopic (exact) mass is 322 g/mol. The first-order chi connectivity index (χ1) is 11.4. The molecule has 0 bridgehead atoms. The third kappa shape index (κ3) is 11.5. The summed E-state index contributed by atoms with van der Waals surface area (Å²) in [6.45, 7) is 8.18. The Labute approximate surface area is 146 Å². The molecule has 0 spiro atoms. The van der Waals surface area contributed by atoms with Gasteiger partial charge in [0.05, 0.1) is 6.67 Å². The molecule has 1 heterocycles. The van der Waals surface area contributed by atoms with Gasteiger partial charge < -0.3 is 9.80 Å². The van der Waals surface area contributed by atoms with E-state index in [0.29, 0.717) is 0 Å². The average Bonchev–Trinajstić information content (AvgIpc) is 3.01. The highest BCUT2D eigenvalue weighted by molar-refractivity contribution is 4.90. The third-order valence-electron chi connectivity index (χ3n) is 4.95. The van der Waals surface area contributed by atoms with Crippen molar-refractivity contribution in [1.82, 2.24) is 9.80 Å². The number of unbranched alkanes of at least 4 members (excludes halogenated alkanes) is 12. The van der Waals surface area contributed by atoms with Gasteiger partial charge >= 0.3 is 0 Å². The molecule has 0 saturated heterocycles. The van der Waals surface area contributed by atoms with Gasteiger partial charge in [0.25, 0.3) is 0 Å². The molecular formula is C21H42N2. The second-order valence-corrected chi connectivity index (χ2v) is 7.31. The van der Waals surface area contributed by atoms with Crippen LogP contribution in [0.15, 0.2) is 12.4 Å². The van der Waals surface area contributed by atoms with Gasteiger partial charge in [-0.3, -0.25) is 0 Å².